The predicted octanol–water partition coefficient (Wildman–Crippen LogP) is 3.51. The number of rotatable bonds is 2. The molecule has 0 N–H and O–H groups in total. The van der Waals surface area contributed by atoms with Crippen molar-refractivity contribution in [1.29, 1.82) is 0 Å². The molecule has 0 aliphatic carbocycles. The van der Waals surface area contributed by atoms with Crippen molar-refractivity contribution in [3.05, 3.63) is 65.5 Å². The molecule has 4 heteroatoms. The molecule has 0 bridgehead atoms. The van der Waals surface area contributed by atoms with Crippen molar-refractivity contribution in [2.75, 3.05) is 0 Å². The zero-order chi connectivity index (χ0) is 12.3. The molecule has 1 nitrogen and oxygen atoms in total. The van der Waals surface area contributed by atoms with Crippen molar-refractivity contribution in [3.8, 4) is 5.75 Å². The normalized spacial score (nSPS) is 11.0. The van der Waals surface area contributed by atoms with Crippen LogP contribution in [0.5, 0.6) is 5.75 Å². The molecule has 0 aliphatic heterocycles. The van der Waals surface area contributed by atoms with Crippen LogP contribution in [0, 0.1) is 17.5 Å². The predicted molar refractivity (Wildman–Crippen MR) is 57.0 cm³/mol. The summed E-state index contributed by atoms with van der Waals surface area (Å²) in [5.41, 5.74) is 0.524. The third-order valence-corrected chi connectivity index (χ3v) is 2.01. The maximum atomic E-state index is 13.2. The lowest BCUT2D eigenvalue weighted by Gasteiger charge is -1.94. The zero-order valence-corrected chi connectivity index (χ0v) is 8.58. The Hall–Kier alpha value is -2.10. The number of benzene rings is 2. The minimum Gasteiger partial charge on any atom is -0.289 e. The summed E-state index contributed by atoms with van der Waals surface area (Å²) in [6.45, 7) is 0. The molecule has 2 aromatic rings. The van der Waals surface area contributed by atoms with E-state index in [0.717, 1.165) is 0 Å². The Kier molecular flexibility index (Phi) is 3.23. The van der Waals surface area contributed by atoms with Crippen LogP contribution in [0.15, 0.2) is 42.5 Å². The highest BCUT2D eigenvalue weighted by molar-refractivity contribution is 5.76. The van der Waals surface area contributed by atoms with Crippen LogP contribution < -0.4 is 0 Å². The van der Waals surface area contributed by atoms with E-state index in [2.05, 4.69) is 6.29 Å². The molecular formula is C13H7F3O. The molecule has 0 saturated carbocycles. The van der Waals surface area contributed by atoms with E-state index < -0.39 is 23.2 Å². The second-order valence-electron chi connectivity index (χ2n) is 3.27. The maximum absolute atomic E-state index is 13.2. The monoisotopic (exact) mass is 236 g/mol. The Morgan fingerprint density at radius 2 is 1.47 bits per heavy atom. The summed E-state index contributed by atoms with van der Waals surface area (Å²) in [6.07, 6.45) is 2.36. The molecule has 86 valence electrons. The highest BCUT2D eigenvalue weighted by Gasteiger charge is 2.16. The third-order valence-electron chi connectivity index (χ3n) is 2.01. The molecule has 0 radical (unpaired) electrons. The van der Waals surface area contributed by atoms with Crippen LogP contribution in [-0.4, -0.2) is 6.29 Å². The fourth-order valence-corrected chi connectivity index (χ4v) is 1.24. The first-order valence-electron chi connectivity index (χ1n) is 4.79. The van der Waals surface area contributed by atoms with Crippen LogP contribution >= 0.6 is 0 Å². The molecule has 0 aromatic heterocycles. The first-order chi connectivity index (χ1) is 8.16. The van der Waals surface area contributed by atoms with Crippen LogP contribution in [-0.2, 0) is 4.42 Å². The molecule has 0 fully saturated rings. The highest BCUT2D eigenvalue weighted by atomic mass is 19.1. The van der Waals surface area contributed by atoms with Gasteiger partial charge in [0.1, 0.15) is 5.82 Å². The lowest BCUT2D eigenvalue weighted by molar-refractivity contribution is 0.219. The topological polar surface area (TPSA) is 11.3 Å². The number of carbonyl (C=O) groups excluding carboxylic acids is 1. The largest absolute Gasteiger partial charge is 0.348 e. The van der Waals surface area contributed by atoms with Gasteiger partial charge in [-0.2, -0.15) is 0 Å². The summed E-state index contributed by atoms with van der Waals surface area (Å²) in [6, 6.07) is 9.63. The fourth-order valence-electron chi connectivity index (χ4n) is 1.24. The Balaban J connectivity index is 2.34. The van der Waals surface area contributed by atoms with Gasteiger partial charge in [-0.25, -0.2) is 13.2 Å². The summed E-state index contributed by atoms with van der Waals surface area (Å²) in [5.74, 6) is -3.88. The quantitative estimate of drug-likeness (QED) is 0.558. The van der Waals surface area contributed by atoms with Crippen molar-refractivity contribution in [2.24, 2.45) is 0 Å². The van der Waals surface area contributed by atoms with Gasteiger partial charge >= 0.3 is 12.0 Å². The maximum Gasteiger partial charge on any atom is 0.348 e. The summed E-state index contributed by atoms with van der Waals surface area (Å²) in [5, 5.41) is 0. The van der Waals surface area contributed by atoms with Crippen molar-refractivity contribution < 1.29 is 17.6 Å². The molecule has 0 amide bonds. The van der Waals surface area contributed by atoms with E-state index in [0.29, 0.717) is 17.7 Å². The molecule has 17 heavy (non-hydrogen) atoms. The van der Waals surface area contributed by atoms with E-state index in [1.807, 2.05) is 0 Å². The van der Waals surface area contributed by atoms with Gasteiger partial charge in [0.25, 0.3) is 0 Å². The van der Waals surface area contributed by atoms with Gasteiger partial charge < -0.3 is 0 Å². The molecule has 0 atom stereocenters. The lowest BCUT2D eigenvalue weighted by Crippen LogP contribution is -1.89. The summed E-state index contributed by atoms with van der Waals surface area (Å²) in [4.78, 5) is 0. The van der Waals surface area contributed by atoms with Crippen molar-refractivity contribution >= 4 is 6.29 Å². The van der Waals surface area contributed by atoms with Crippen molar-refractivity contribution in [2.45, 2.75) is 0 Å². The van der Waals surface area contributed by atoms with Crippen LogP contribution in [0.1, 0.15) is 5.56 Å². The van der Waals surface area contributed by atoms with E-state index in [1.165, 1.54) is 0 Å². The average Bonchev–Trinajstić information content (AvgIpc) is 2.29. The van der Waals surface area contributed by atoms with Crippen LogP contribution in [0.25, 0.3) is 0 Å². The molecule has 0 saturated heterocycles. The first kappa shape index (κ1) is 11.4. The lowest BCUT2D eigenvalue weighted by atomic mass is 10.2. The van der Waals surface area contributed by atoms with Gasteiger partial charge in [-0.3, -0.25) is 4.42 Å². The molecule has 0 spiro atoms. The Bertz CT molecular complexity index is 527. The van der Waals surface area contributed by atoms with Crippen LogP contribution in [0.2, 0.25) is 0 Å². The highest BCUT2D eigenvalue weighted by Crippen LogP contribution is 2.22. The number of halogens is 3. The van der Waals surface area contributed by atoms with Crippen molar-refractivity contribution in [3.63, 3.8) is 0 Å². The molecule has 0 unspecified atom stereocenters. The van der Waals surface area contributed by atoms with Gasteiger partial charge in [0.15, 0.2) is 11.6 Å². The summed E-state index contributed by atoms with van der Waals surface area (Å²) >= 11 is 0. The van der Waals surface area contributed by atoms with Gasteiger partial charge in [-0.05, 0) is 5.56 Å². The smallest absolute Gasteiger partial charge is 0.289 e. The fraction of sp³-hybridized carbons (Fsp3) is 0. The standard InChI is InChI=1S/C13H7F3O/c14-10-6-11(15)13(12(16)7-10)17-8-9-4-2-1-3-5-9/h1-7H. The molecular weight excluding hydrogens is 229 g/mol. The Labute approximate surface area is 95.8 Å². The Morgan fingerprint density at radius 3 is 2.06 bits per heavy atom. The minimum absolute atomic E-state index is 0.524. The second-order valence-corrected chi connectivity index (χ2v) is 3.27. The number of hydrogen-bond acceptors (Lipinski definition) is 0. The average molecular weight is 236 g/mol. The molecule has 0 aliphatic rings. The number of hydrogen-bond donors (Lipinski definition) is 0. The molecule has 2 aromatic carbocycles. The van der Waals surface area contributed by atoms with E-state index in [1.54, 1.807) is 30.3 Å². The summed E-state index contributed by atoms with van der Waals surface area (Å²) < 4.78 is 43.7. The zero-order valence-electron chi connectivity index (χ0n) is 8.58. The summed E-state index contributed by atoms with van der Waals surface area (Å²) in [7, 11) is 0. The van der Waals surface area contributed by atoms with E-state index in [9.17, 15) is 13.2 Å². The Morgan fingerprint density at radius 1 is 0.882 bits per heavy atom. The molecule has 0 heterocycles. The van der Waals surface area contributed by atoms with E-state index in [4.69, 9.17) is 4.42 Å². The van der Waals surface area contributed by atoms with Gasteiger partial charge in [-0.15, -0.1) is 24.3 Å². The van der Waals surface area contributed by atoms with Crippen LogP contribution in [0.4, 0.5) is 13.2 Å². The van der Waals surface area contributed by atoms with Gasteiger partial charge in [0, 0.05) is 12.1 Å². The second kappa shape index (κ2) is 4.82. The molecule has 2 rings (SSSR count). The van der Waals surface area contributed by atoms with Crippen LogP contribution in [0.3, 0.4) is 0 Å². The van der Waals surface area contributed by atoms with Gasteiger partial charge in [0.05, 0.1) is 0 Å². The van der Waals surface area contributed by atoms with E-state index in [-0.39, 0.29) is 0 Å². The van der Waals surface area contributed by atoms with E-state index >= 15 is 0 Å². The minimum atomic E-state index is -1.11. The first-order valence-corrected chi connectivity index (χ1v) is 4.79. The van der Waals surface area contributed by atoms with Gasteiger partial charge in [-0.1, -0.05) is 6.07 Å². The van der Waals surface area contributed by atoms with Crippen molar-refractivity contribution in [1.82, 2.24) is 0 Å². The van der Waals surface area contributed by atoms with Gasteiger partial charge in [0.2, 0.25) is 0 Å². The SMILES string of the molecule is Fc1cc(F)c([O+]=[C-]c2ccccc2)c(F)c1. The third kappa shape index (κ3) is 2.72.